The van der Waals surface area contributed by atoms with E-state index in [1.807, 2.05) is 41.8 Å². The summed E-state index contributed by atoms with van der Waals surface area (Å²) < 4.78 is 10.6. The highest BCUT2D eigenvalue weighted by molar-refractivity contribution is 7.10. The first-order valence-corrected chi connectivity index (χ1v) is 10.6. The molecular weight excluding hydrogens is 412 g/mol. The maximum atomic E-state index is 12.8. The molecule has 0 saturated heterocycles. The lowest BCUT2D eigenvalue weighted by Crippen LogP contribution is -2.35. The third-order valence-electron chi connectivity index (χ3n) is 4.51. The number of methoxy groups -OCH3 is 2. The molecule has 2 N–H and O–H groups in total. The van der Waals surface area contributed by atoms with Crippen LogP contribution in [-0.2, 0) is 11.2 Å². The van der Waals surface area contributed by atoms with Gasteiger partial charge in [-0.3, -0.25) is 9.59 Å². The average molecular weight is 437 g/mol. The Bertz CT molecular complexity index is 1050. The standard InChI is InChI=1S/C24H24N2O4S/c1-29-21-11-10-17(15-22(21)30-2)12-13-25-24(28)20(16-19-9-6-14-31-19)26-23(27)18-7-4-3-5-8-18/h3-11,14-16H,12-13H2,1-2H3,(H,25,28)(H,26,27)/b20-16-. The van der Waals surface area contributed by atoms with Crippen molar-refractivity contribution < 1.29 is 19.1 Å². The molecular formula is C24H24N2O4S. The summed E-state index contributed by atoms with van der Waals surface area (Å²) in [5, 5.41) is 7.52. The second-order valence-corrected chi connectivity index (χ2v) is 7.57. The highest BCUT2D eigenvalue weighted by atomic mass is 32.1. The zero-order valence-electron chi connectivity index (χ0n) is 17.4. The van der Waals surface area contributed by atoms with E-state index in [0.717, 1.165) is 10.4 Å². The van der Waals surface area contributed by atoms with Crippen LogP contribution in [0.15, 0.2) is 71.7 Å². The van der Waals surface area contributed by atoms with E-state index < -0.39 is 0 Å². The van der Waals surface area contributed by atoms with Crippen molar-refractivity contribution in [1.29, 1.82) is 0 Å². The lowest BCUT2D eigenvalue weighted by Gasteiger charge is -2.12. The highest BCUT2D eigenvalue weighted by Gasteiger charge is 2.15. The Kier molecular flexibility index (Phi) is 7.84. The molecule has 3 rings (SSSR count). The number of amides is 2. The predicted octanol–water partition coefficient (Wildman–Crippen LogP) is 3.90. The van der Waals surface area contributed by atoms with Gasteiger partial charge < -0.3 is 20.1 Å². The fourth-order valence-electron chi connectivity index (χ4n) is 2.91. The van der Waals surface area contributed by atoms with Crippen molar-refractivity contribution in [2.45, 2.75) is 6.42 Å². The van der Waals surface area contributed by atoms with Crippen molar-refractivity contribution in [1.82, 2.24) is 10.6 Å². The highest BCUT2D eigenvalue weighted by Crippen LogP contribution is 2.27. The van der Waals surface area contributed by atoms with Gasteiger partial charge in [-0.25, -0.2) is 0 Å². The third kappa shape index (κ3) is 6.20. The van der Waals surface area contributed by atoms with Crippen LogP contribution in [0.1, 0.15) is 20.8 Å². The van der Waals surface area contributed by atoms with Crippen LogP contribution in [0.25, 0.3) is 6.08 Å². The summed E-state index contributed by atoms with van der Waals surface area (Å²) in [6.45, 7) is 0.400. The number of carbonyl (C=O) groups excluding carboxylic acids is 2. The number of hydrogen-bond donors (Lipinski definition) is 2. The van der Waals surface area contributed by atoms with Gasteiger partial charge in [0.1, 0.15) is 5.70 Å². The number of hydrogen-bond acceptors (Lipinski definition) is 5. The van der Waals surface area contributed by atoms with Gasteiger partial charge in [-0.1, -0.05) is 30.3 Å². The molecule has 0 fully saturated rings. The molecule has 1 aromatic heterocycles. The van der Waals surface area contributed by atoms with Crippen LogP contribution >= 0.6 is 11.3 Å². The molecule has 0 aliphatic rings. The van der Waals surface area contributed by atoms with E-state index in [4.69, 9.17) is 9.47 Å². The topological polar surface area (TPSA) is 76.7 Å². The maximum Gasteiger partial charge on any atom is 0.267 e. The van der Waals surface area contributed by atoms with E-state index in [9.17, 15) is 9.59 Å². The lowest BCUT2D eigenvalue weighted by atomic mass is 10.1. The van der Waals surface area contributed by atoms with Gasteiger partial charge in [0.15, 0.2) is 11.5 Å². The van der Waals surface area contributed by atoms with Crippen LogP contribution in [0.2, 0.25) is 0 Å². The van der Waals surface area contributed by atoms with Crippen molar-refractivity contribution in [3.63, 3.8) is 0 Å². The first kappa shape index (κ1) is 22.1. The summed E-state index contributed by atoms with van der Waals surface area (Å²) in [6.07, 6.45) is 2.28. The van der Waals surface area contributed by atoms with Gasteiger partial charge in [0.25, 0.3) is 11.8 Å². The molecule has 6 nitrogen and oxygen atoms in total. The van der Waals surface area contributed by atoms with Crippen molar-refractivity contribution >= 4 is 29.2 Å². The van der Waals surface area contributed by atoms with E-state index in [2.05, 4.69) is 10.6 Å². The minimum atomic E-state index is -0.349. The van der Waals surface area contributed by atoms with Crippen LogP contribution in [0.4, 0.5) is 0 Å². The molecule has 0 aliphatic heterocycles. The number of nitrogens with one attached hydrogen (secondary N) is 2. The SMILES string of the molecule is COc1ccc(CCNC(=O)/C(=C/c2cccs2)NC(=O)c2ccccc2)cc1OC. The van der Waals surface area contributed by atoms with Crippen LogP contribution in [0, 0.1) is 0 Å². The van der Waals surface area contributed by atoms with Gasteiger partial charge in [-0.05, 0) is 53.8 Å². The van der Waals surface area contributed by atoms with Crippen LogP contribution in [0.5, 0.6) is 11.5 Å². The largest absolute Gasteiger partial charge is 0.493 e. The smallest absolute Gasteiger partial charge is 0.267 e. The minimum absolute atomic E-state index is 0.198. The number of carbonyl (C=O) groups is 2. The molecule has 2 aromatic carbocycles. The van der Waals surface area contributed by atoms with Crippen LogP contribution < -0.4 is 20.1 Å². The van der Waals surface area contributed by atoms with Crippen molar-refractivity contribution in [3.8, 4) is 11.5 Å². The molecule has 7 heteroatoms. The van der Waals surface area contributed by atoms with Gasteiger partial charge in [-0.15, -0.1) is 11.3 Å². The van der Waals surface area contributed by atoms with E-state index in [1.165, 1.54) is 11.3 Å². The molecule has 1 heterocycles. The Morgan fingerprint density at radius 2 is 1.74 bits per heavy atom. The quantitative estimate of drug-likeness (QED) is 0.499. The van der Waals surface area contributed by atoms with Gasteiger partial charge in [-0.2, -0.15) is 0 Å². The van der Waals surface area contributed by atoms with E-state index in [0.29, 0.717) is 30.0 Å². The fourth-order valence-corrected chi connectivity index (χ4v) is 3.57. The normalized spacial score (nSPS) is 11.0. The monoisotopic (exact) mass is 436 g/mol. The lowest BCUT2D eigenvalue weighted by molar-refractivity contribution is -0.117. The summed E-state index contributed by atoms with van der Waals surface area (Å²) in [5.74, 6) is 0.608. The Morgan fingerprint density at radius 3 is 2.42 bits per heavy atom. The zero-order valence-corrected chi connectivity index (χ0v) is 18.2. The van der Waals surface area contributed by atoms with Crippen molar-refractivity contribution in [2.75, 3.05) is 20.8 Å². The summed E-state index contributed by atoms with van der Waals surface area (Å²) in [5.41, 5.74) is 1.68. The predicted molar refractivity (Wildman–Crippen MR) is 122 cm³/mol. The Hall–Kier alpha value is -3.58. The van der Waals surface area contributed by atoms with Crippen LogP contribution in [0.3, 0.4) is 0 Å². The first-order chi connectivity index (χ1) is 15.1. The summed E-state index contributed by atoms with van der Waals surface area (Å²) in [7, 11) is 3.17. The van der Waals surface area contributed by atoms with E-state index in [-0.39, 0.29) is 17.5 Å². The van der Waals surface area contributed by atoms with Crippen molar-refractivity contribution in [2.24, 2.45) is 0 Å². The molecule has 0 aliphatic carbocycles. The Balaban J connectivity index is 1.67. The number of thiophene rings is 1. The molecule has 0 bridgehead atoms. The molecule has 0 spiro atoms. The van der Waals surface area contributed by atoms with Gasteiger partial charge in [0.2, 0.25) is 0 Å². The third-order valence-corrected chi connectivity index (χ3v) is 5.33. The van der Waals surface area contributed by atoms with Crippen LogP contribution in [-0.4, -0.2) is 32.6 Å². The second kappa shape index (κ2) is 11.0. The number of ether oxygens (including phenoxy) is 2. The van der Waals surface area contributed by atoms with Crippen molar-refractivity contribution in [3.05, 3.63) is 87.7 Å². The first-order valence-electron chi connectivity index (χ1n) is 9.71. The Labute approximate surface area is 185 Å². The molecule has 0 unspecified atom stereocenters. The molecule has 3 aromatic rings. The summed E-state index contributed by atoms with van der Waals surface area (Å²) in [4.78, 5) is 26.2. The van der Waals surface area contributed by atoms with Gasteiger partial charge >= 0.3 is 0 Å². The molecule has 160 valence electrons. The maximum absolute atomic E-state index is 12.8. The molecule has 0 saturated carbocycles. The Morgan fingerprint density at radius 1 is 0.968 bits per heavy atom. The van der Waals surface area contributed by atoms with Gasteiger partial charge in [0, 0.05) is 17.0 Å². The van der Waals surface area contributed by atoms with Gasteiger partial charge in [0.05, 0.1) is 14.2 Å². The fraction of sp³-hybridized carbons (Fsp3) is 0.167. The minimum Gasteiger partial charge on any atom is -0.493 e. The number of benzene rings is 2. The zero-order chi connectivity index (χ0) is 22.1. The molecule has 0 radical (unpaired) electrons. The second-order valence-electron chi connectivity index (χ2n) is 6.59. The summed E-state index contributed by atoms with van der Waals surface area (Å²) in [6, 6.07) is 18.2. The molecule has 2 amide bonds. The molecule has 0 atom stereocenters. The van der Waals surface area contributed by atoms with E-state index in [1.54, 1.807) is 44.6 Å². The number of rotatable bonds is 9. The molecule has 31 heavy (non-hydrogen) atoms. The van der Waals surface area contributed by atoms with E-state index >= 15 is 0 Å². The summed E-state index contributed by atoms with van der Waals surface area (Å²) >= 11 is 1.49. The average Bonchev–Trinajstić information content (AvgIpc) is 3.32.